The van der Waals surface area contributed by atoms with Gasteiger partial charge in [-0.15, -0.1) is 0 Å². The molecule has 5 heteroatoms. The van der Waals surface area contributed by atoms with Crippen LogP contribution in [0.4, 0.5) is 0 Å². The molecule has 1 heterocycles. The van der Waals surface area contributed by atoms with Crippen LogP contribution in [0.25, 0.3) is 0 Å². The van der Waals surface area contributed by atoms with E-state index >= 15 is 0 Å². The van der Waals surface area contributed by atoms with Crippen LogP contribution in [-0.4, -0.2) is 23.3 Å². The van der Waals surface area contributed by atoms with Crippen LogP contribution in [0.1, 0.15) is 41.7 Å². The number of aromatic nitrogens is 1. The van der Waals surface area contributed by atoms with Gasteiger partial charge in [0.25, 0.3) is 5.91 Å². The summed E-state index contributed by atoms with van der Waals surface area (Å²) in [5.74, 6) is -0.139. The Labute approximate surface area is 136 Å². The van der Waals surface area contributed by atoms with Crippen molar-refractivity contribution in [3.05, 3.63) is 66.0 Å². The van der Waals surface area contributed by atoms with Crippen molar-refractivity contribution in [1.82, 2.24) is 15.6 Å². The lowest BCUT2D eigenvalue weighted by Crippen LogP contribution is -2.29. The van der Waals surface area contributed by atoms with Gasteiger partial charge in [-0.2, -0.15) is 0 Å². The fourth-order valence-electron chi connectivity index (χ4n) is 2.19. The molecule has 120 valence electrons. The number of hydrogen-bond acceptors (Lipinski definition) is 3. The average molecular weight is 311 g/mol. The smallest absolute Gasteiger partial charge is 0.251 e. The van der Waals surface area contributed by atoms with E-state index in [1.807, 2.05) is 37.3 Å². The van der Waals surface area contributed by atoms with E-state index in [-0.39, 0.29) is 17.9 Å². The van der Waals surface area contributed by atoms with Crippen molar-refractivity contribution >= 4 is 11.8 Å². The Hall–Kier alpha value is -2.69. The first-order valence-corrected chi connectivity index (χ1v) is 7.69. The van der Waals surface area contributed by atoms with E-state index in [9.17, 15) is 9.59 Å². The Morgan fingerprint density at radius 2 is 1.78 bits per heavy atom. The molecule has 0 aliphatic rings. The Balaban J connectivity index is 1.66. The molecule has 0 bridgehead atoms. The molecule has 1 atom stereocenters. The molecule has 0 saturated heterocycles. The van der Waals surface area contributed by atoms with Crippen molar-refractivity contribution in [2.75, 3.05) is 6.54 Å². The third kappa shape index (κ3) is 5.54. The van der Waals surface area contributed by atoms with E-state index in [1.54, 1.807) is 24.5 Å². The van der Waals surface area contributed by atoms with Crippen molar-refractivity contribution in [2.24, 2.45) is 0 Å². The second-order valence-corrected chi connectivity index (χ2v) is 5.30. The summed E-state index contributed by atoms with van der Waals surface area (Å²) in [4.78, 5) is 27.7. The molecule has 23 heavy (non-hydrogen) atoms. The molecule has 5 nitrogen and oxygen atoms in total. The molecule has 0 aliphatic heterocycles. The summed E-state index contributed by atoms with van der Waals surface area (Å²) in [7, 11) is 0. The van der Waals surface area contributed by atoms with Crippen LogP contribution >= 0.6 is 0 Å². The molecule has 1 aromatic heterocycles. The minimum absolute atomic E-state index is 0.0247. The topological polar surface area (TPSA) is 71.1 Å². The Morgan fingerprint density at radius 1 is 1.09 bits per heavy atom. The number of carbonyl (C=O) groups excluding carboxylic acids is 2. The van der Waals surface area contributed by atoms with E-state index < -0.39 is 0 Å². The van der Waals surface area contributed by atoms with Gasteiger partial charge in [0, 0.05) is 30.9 Å². The zero-order valence-electron chi connectivity index (χ0n) is 13.2. The van der Waals surface area contributed by atoms with Crippen molar-refractivity contribution in [2.45, 2.75) is 25.8 Å². The summed E-state index contributed by atoms with van der Waals surface area (Å²) in [6.07, 6.45) is 4.40. The Kier molecular flexibility index (Phi) is 6.29. The predicted octanol–water partition coefficient (Wildman–Crippen LogP) is 2.47. The van der Waals surface area contributed by atoms with E-state index in [2.05, 4.69) is 15.6 Å². The van der Waals surface area contributed by atoms with E-state index in [0.29, 0.717) is 24.9 Å². The van der Waals surface area contributed by atoms with Gasteiger partial charge in [0.15, 0.2) is 0 Å². The minimum Gasteiger partial charge on any atom is -0.352 e. The summed E-state index contributed by atoms with van der Waals surface area (Å²) >= 11 is 0. The highest BCUT2D eigenvalue weighted by atomic mass is 16.2. The molecular formula is C18H21N3O2. The quantitative estimate of drug-likeness (QED) is 0.772. The van der Waals surface area contributed by atoms with E-state index in [1.165, 1.54) is 0 Å². The third-order valence-electron chi connectivity index (χ3n) is 3.49. The molecule has 0 saturated carbocycles. The highest BCUT2D eigenvalue weighted by Gasteiger charge is 2.09. The van der Waals surface area contributed by atoms with Crippen LogP contribution in [0.5, 0.6) is 0 Å². The molecule has 2 N–H and O–H groups in total. The Bertz CT molecular complexity index is 629. The molecule has 0 fully saturated rings. The molecule has 2 aromatic rings. The van der Waals surface area contributed by atoms with Gasteiger partial charge in [0.1, 0.15) is 0 Å². The number of hydrogen-bond donors (Lipinski definition) is 2. The number of pyridine rings is 1. The van der Waals surface area contributed by atoms with Crippen LogP contribution < -0.4 is 10.6 Å². The number of nitrogens with one attached hydrogen (secondary N) is 2. The van der Waals surface area contributed by atoms with Gasteiger partial charge in [-0.05, 0) is 43.2 Å². The van der Waals surface area contributed by atoms with E-state index in [0.717, 1.165) is 5.56 Å². The molecule has 0 radical (unpaired) electrons. The van der Waals surface area contributed by atoms with Gasteiger partial charge >= 0.3 is 0 Å². The summed E-state index contributed by atoms with van der Waals surface area (Å²) < 4.78 is 0. The van der Waals surface area contributed by atoms with Crippen LogP contribution in [0.3, 0.4) is 0 Å². The largest absolute Gasteiger partial charge is 0.352 e. The fourth-order valence-corrected chi connectivity index (χ4v) is 2.19. The second-order valence-electron chi connectivity index (χ2n) is 5.30. The molecule has 2 amide bonds. The van der Waals surface area contributed by atoms with Crippen LogP contribution in [0.2, 0.25) is 0 Å². The second kappa shape index (κ2) is 8.68. The highest BCUT2D eigenvalue weighted by Crippen LogP contribution is 2.10. The summed E-state index contributed by atoms with van der Waals surface area (Å²) in [5.41, 5.74) is 1.65. The Morgan fingerprint density at radius 3 is 2.48 bits per heavy atom. The third-order valence-corrected chi connectivity index (χ3v) is 3.49. The highest BCUT2D eigenvalue weighted by molar-refractivity contribution is 5.94. The SMILES string of the molecule is CC(NC(=O)CCCNC(=O)c1ccccc1)c1ccncc1. The lowest BCUT2D eigenvalue weighted by atomic mass is 10.1. The van der Waals surface area contributed by atoms with E-state index in [4.69, 9.17) is 0 Å². The van der Waals surface area contributed by atoms with Crippen LogP contribution in [0, 0.1) is 0 Å². The van der Waals surface area contributed by atoms with Gasteiger partial charge in [-0.3, -0.25) is 14.6 Å². The first kappa shape index (κ1) is 16.7. The van der Waals surface area contributed by atoms with Gasteiger partial charge < -0.3 is 10.6 Å². The molecule has 1 unspecified atom stereocenters. The van der Waals surface area contributed by atoms with Crippen LogP contribution in [-0.2, 0) is 4.79 Å². The average Bonchev–Trinajstić information content (AvgIpc) is 2.60. The zero-order chi connectivity index (χ0) is 16.5. The molecule has 0 aliphatic carbocycles. The molecule has 0 spiro atoms. The van der Waals surface area contributed by atoms with Crippen molar-refractivity contribution in [3.63, 3.8) is 0 Å². The summed E-state index contributed by atoms with van der Waals surface area (Å²) in [6, 6.07) is 12.7. The molecule has 2 rings (SSSR count). The van der Waals surface area contributed by atoms with Gasteiger partial charge in [0.05, 0.1) is 6.04 Å². The first-order valence-electron chi connectivity index (χ1n) is 7.69. The van der Waals surface area contributed by atoms with Gasteiger partial charge in [-0.25, -0.2) is 0 Å². The molecular weight excluding hydrogens is 290 g/mol. The maximum atomic E-state index is 11.9. The fraction of sp³-hybridized carbons (Fsp3) is 0.278. The van der Waals surface area contributed by atoms with Crippen molar-refractivity contribution in [3.8, 4) is 0 Å². The first-order chi connectivity index (χ1) is 11.2. The number of rotatable bonds is 7. The number of carbonyl (C=O) groups is 2. The normalized spacial score (nSPS) is 11.5. The van der Waals surface area contributed by atoms with Crippen molar-refractivity contribution < 1.29 is 9.59 Å². The maximum absolute atomic E-state index is 11.9. The number of amides is 2. The standard InChI is InChI=1S/C18H21N3O2/c1-14(15-9-12-19-13-10-15)21-17(22)8-5-11-20-18(23)16-6-3-2-4-7-16/h2-4,6-7,9-10,12-14H,5,8,11H2,1H3,(H,20,23)(H,21,22). The predicted molar refractivity (Wildman–Crippen MR) is 88.8 cm³/mol. The lowest BCUT2D eigenvalue weighted by molar-refractivity contribution is -0.121. The van der Waals surface area contributed by atoms with Gasteiger partial charge in [0.2, 0.25) is 5.91 Å². The van der Waals surface area contributed by atoms with Crippen molar-refractivity contribution in [1.29, 1.82) is 0 Å². The number of nitrogens with zero attached hydrogens (tertiary/aromatic N) is 1. The monoisotopic (exact) mass is 311 g/mol. The van der Waals surface area contributed by atoms with Crippen LogP contribution in [0.15, 0.2) is 54.9 Å². The maximum Gasteiger partial charge on any atom is 0.251 e. The number of benzene rings is 1. The summed E-state index contributed by atoms with van der Waals surface area (Å²) in [6.45, 7) is 2.41. The zero-order valence-corrected chi connectivity index (χ0v) is 13.2. The molecule has 1 aromatic carbocycles. The minimum atomic E-state index is -0.115. The lowest BCUT2D eigenvalue weighted by Gasteiger charge is -2.14. The van der Waals surface area contributed by atoms with Gasteiger partial charge in [-0.1, -0.05) is 18.2 Å². The summed E-state index contributed by atoms with van der Waals surface area (Å²) in [5, 5.41) is 5.75.